The van der Waals surface area contributed by atoms with Gasteiger partial charge in [-0.3, -0.25) is 9.59 Å². The van der Waals surface area contributed by atoms with E-state index in [1.807, 2.05) is 57.2 Å². The number of hydrogen-bond donors (Lipinski definition) is 0. The molecule has 34 heavy (non-hydrogen) atoms. The number of unbranched alkanes of at least 4 members (excludes halogenated alkanes) is 1. The number of carbonyl (C=O) groups excluding carboxylic acids is 1. The number of ketones is 1. The highest BCUT2D eigenvalue weighted by molar-refractivity contribution is 6.31. The molecular weight excluding hydrogens is 442 g/mol. The van der Waals surface area contributed by atoms with Gasteiger partial charge in [0.15, 0.2) is 5.78 Å². The summed E-state index contributed by atoms with van der Waals surface area (Å²) in [5.41, 5.74) is 4.79. The predicted molar refractivity (Wildman–Crippen MR) is 151 cm³/mol. The largest absolute Gasteiger partial charge is 0.312 e. The minimum absolute atomic E-state index is 0. The summed E-state index contributed by atoms with van der Waals surface area (Å²) in [6.07, 6.45) is 9.35. The lowest BCUT2D eigenvalue weighted by Crippen LogP contribution is -2.26. The fraction of sp³-hybridized carbons (Fsp3) is 0.400. The quantitative estimate of drug-likeness (QED) is 0.277. The standard InChI is InChI=1S/C14H21NO2.C8H12.C7H7Cl.CH4/c1-5-7-8-15-12(6-2)14(11(4)16)10(3)9-13(15)17;1-4-7-8(5-2)6-3;1-6-4-2-3-5-7(6)8;/h9H,5-8H2,1-4H3;4-5,7H,1-2,6H2,3H3;2-5H,1H3;1H4/b;8-7+;;. The Balaban J connectivity index is 0. The van der Waals surface area contributed by atoms with E-state index in [0.29, 0.717) is 6.54 Å². The number of halogens is 1. The van der Waals surface area contributed by atoms with Gasteiger partial charge in [0, 0.05) is 28.9 Å². The van der Waals surface area contributed by atoms with Gasteiger partial charge in [0.05, 0.1) is 0 Å². The van der Waals surface area contributed by atoms with Gasteiger partial charge in [-0.2, -0.15) is 0 Å². The van der Waals surface area contributed by atoms with E-state index in [1.54, 1.807) is 23.6 Å². The number of aromatic nitrogens is 1. The Kier molecular flexibility index (Phi) is 18.5. The van der Waals surface area contributed by atoms with Gasteiger partial charge in [0.1, 0.15) is 0 Å². The molecule has 1 aromatic carbocycles. The third kappa shape index (κ3) is 11.5. The first-order valence-electron chi connectivity index (χ1n) is 11.6. The highest BCUT2D eigenvalue weighted by Gasteiger charge is 2.14. The second-order valence-electron chi connectivity index (χ2n) is 7.69. The van der Waals surface area contributed by atoms with E-state index in [-0.39, 0.29) is 18.8 Å². The average molecular weight is 486 g/mol. The summed E-state index contributed by atoms with van der Waals surface area (Å²) in [5, 5.41) is 0.840. The molecule has 0 unspecified atom stereocenters. The van der Waals surface area contributed by atoms with E-state index >= 15 is 0 Å². The number of pyridine rings is 1. The Labute approximate surface area is 212 Å². The molecule has 0 fully saturated rings. The molecular formula is C30H44ClNO2. The smallest absolute Gasteiger partial charge is 0.251 e. The summed E-state index contributed by atoms with van der Waals surface area (Å²) in [6, 6.07) is 9.35. The maximum atomic E-state index is 12.0. The van der Waals surface area contributed by atoms with Crippen LogP contribution in [0.3, 0.4) is 0 Å². The van der Waals surface area contributed by atoms with Gasteiger partial charge >= 0.3 is 0 Å². The summed E-state index contributed by atoms with van der Waals surface area (Å²) in [4.78, 5) is 23.6. The molecule has 0 aliphatic heterocycles. The number of allylic oxidation sites excluding steroid dienone is 4. The van der Waals surface area contributed by atoms with E-state index in [2.05, 4.69) is 27.0 Å². The maximum Gasteiger partial charge on any atom is 0.251 e. The summed E-state index contributed by atoms with van der Waals surface area (Å²) in [6.45, 7) is 19.5. The van der Waals surface area contributed by atoms with Crippen LogP contribution in [-0.4, -0.2) is 10.4 Å². The van der Waals surface area contributed by atoms with Crippen molar-refractivity contribution in [3.8, 4) is 0 Å². The molecule has 2 aromatic rings. The van der Waals surface area contributed by atoms with Gasteiger partial charge in [0.25, 0.3) is 5.56 Å². The molecule has 0 radical (unpaired) electrons. The first kappa shape index (κ1) is 33.5. The minimum atomic E-state index is 0. The molecule has 3 nitrogen and oxygen atoms in total. The van der Waals surface area contributed by atoms with Crippen LogP contribution in [0.15, 0.2) is 72.1 Å². The van der Waals surface area contributed by atoms with Crippen molar-refractivity contribution in [2.24, 2.45) is 0 Å². The summed E-state index contributed by atoms with van der Waals surface area (Å²) < 4.78 is 1.76. The van der Waals surface area contributed by atoms with Crippen LogP contribution in [0.25, 0.3) is 0 Å². The van der Waals surface area contributed by atoms with E-state index in [0.717, 1.165) is 53.1 Å². The highest BCUT2D eigenvalue weighted by Crippen LogP contribution is 2.14. The van der Waals surface area contributed by atoms with Crippen LogP contribution in [0.2, 0.25) is 5.02 Å². The third-order valence-electron chi connectivity index (χ3n) is 5.12. The number of rotatable bonds is 8. The van der Waals surface area contributed by atoms with Crippen LogP contribution in [0.4, 0.5) is 0 Å². The fourth-order valence-corrected chi connectivity index (χ4v) is 3.41. The molecule has 188 valence electrons. The molecule has 0 spiro atoms. The first-order valence-corrected chi connectivity index (χ1v) is 11.9. The van der Waals surface area contributed by atoms with Crippen molar-refractivity contribution in [1.82, 2.24) is 4.57 Å². The molecule has 1 heterocycles. The van der Waals surface area contributed by atoms with Gasteiger partial charge in [0.2, 0.25) is 0 Å². The third-order valence-corrected chi connectivity index (χ3v) is 5.54. The second-order valence-corrected chi connectivity index (χ2v) is 8.09. The fourth-order valence-electron chi connectivity index (χ4n) is 3.27. The van der Waals surface area contributed by atoms with Crippen LogP contribution in [0.5, 0.6) is 0 Å². The number of carbonyl (C=O) groups is 1. The lowest BCUT2D eigenvalue weighted by molar-refractivity contribution is 0.101. The van der Waals surface area contributed by atoms with Crippen molar-refractivity contribution in [2.75, 3.05) is 0 Å². The van der Waals surface area contributed by atoms with Crippen LogP contribution in [0, 0.1) is 13.8 Å². The van der Waals surface area contributed by atoms with Crippen molar-refractivity contribution in [1.29, 1.82) is 0 Å². The van der Waals surface area contributed by atoms with Gasteiger partial charge in [-0.25, -0.2) is 0 Å². The monoisotopic (exact) mass is 485 g/mol. The summed E-state index contributed by atoms with van der Waals surface area (Å²) >= 11 is 5.71. The lowest BCUT2D eigenvalue weighted by atomic mass is 10.0. The lowest BCUT2D eigenvalue weighted by Gasteiger charge is -2.16. The molecule has 1 aromatic heterocycles. The maximum absolute atomic E-state index is 12.0. The molecule has 0 aliphatic rings. The Morgan fingerprint density at radius 2 is 1.71 bits per heavy atom. The van der Waals surface area contributed by atoms with Crippen LogP contribution >= 0.6 is 11.6 Å². The van der Waals surface area contributed by atoms with Crippen molar-refractivity contribution in [3.05, 3.63) is 105 Å². The minimum Gasteiger partial charge on any atom is -0.312 e. The number of hydrogen-bond acceptors (Lipinski definition) is 2. The number of Topliss-reactive ketones (excluding diaryl/α,β-unsaturated/α-hetero) is 1. The Hall–Kier alpha value is -2.65. The van der Waals surface area contributed by atoms with Crippen LogP contribution in [-0.2, 0) is 13.0 Å². The molecule has 0 atom stereocenters. The molecule has 0 aliphatic carbocycles. The molecule has 0 bridgehead atoms. The zero-order valence-corrected chi connectivity index (χ0v) is 22.0. The van der Waals surface area contributed by atoms with Gasteiger partial charge in [-0.05, 0) is 62.8 Å². The van der Waals surface area contributed by atoms with Crippen LogP contribution in [0.1, 0.15) is 81.6 Å². The van der Waals surface area contributed by atoms with Crippen molar-refractivity contribution < 1.29 is 4.79 Å². The Morgan fingerprint density at radius 1 is 1.09 bits per heavy atom. The van der Waals surface area contributed by atoms with E-state index in [4.69, 9.17) is 11.6 Å². The number of nitrogens with zero attached hydrogens (tertiary/aromatic N) is 1. The predicted octanol–water partition coefficient (Wildman–Crippen LogP) is 8.70. The van der Waals surface area contributed by atoms with E-state index in [9.17, 15) is 9.59 Å². The van der Waals surface area contributed by atoms with Gasteiger partial charge < -0.3 is 4.57 Å². The van der Waals surface area contributed by atoms with E-state index < -0.39 is 0 Å². The summed E-state index contributed by atoms with van der Waals surface area (Å²) in [5.74, 6) is 0.0459. The average Bonchev–Trinajstić information content (AvgIpc) is 2.79. The van der Waals surface area contributed by atoms with Gasteiger partial charge in [-0.15, -0.1) is 0 Å². The molecule has 0 saturated carbocycles. The Morgan fingerprint density at radius 3 is 2.06 bits per heavy atom. The zero-order valence-electron chi connectivity index (χ0n) is 21.2. The van der Waals surface area contributed by atoms with Crippen LogP contribution < -0.4 is 5.56 Å². The normalized spacial score (nSPS) is 10.0. The topological polar surface area (TPSA) is 39.1 Å². The Bertz CT molecular complexity index is 978. The number of benzene rings is 1. The van der Waals surface area contributed by atoms with Crippen molar-refractivity contribution in [3.63, 3.8) is 0 Å². The first-order chi connectivity index (χ1) is 15.7. The second kappa shape index (κ2) is 18.7. The van der Waals surface area contributed by atoms with E-state index in [1.165, 1.54) is 5.57 Å². The molecule has 0 saturated heterocycles. The molecule has 0 N–H and O–H groups in total. The summed E-state index contributed by atoms with van der Waals surface area (Å²) in [7, 11) is 0. The molecule has 2 rings (SSSR count). The van der Waals surface area contributed by atoms with Crippen molar-refractivity contribution >= 4 is 17.4 Å². The SMILES string of the molecule is C.C=C/C=C(\C=C)CC.CCCCn1c(CC)c(C(C)=O)c(C)cc1=O.Cc1ccccc1Cl. The molecule has 0 amide bonds. The zero-order chi connectivity index (χ0) is 25.4. The highest BCUT2D eigenvalue weighted by atomic mass is 35.5. The van der Waals surface area contributed by atoms with Crippen molar-refractivity contribution in [2.45, 2.75) is 81.2 Å². The molecule has 4 heteroatoms. The van der Waals surface area contributed by atoms with Gasteiger partial charge in [-0.1, -0.05) is 95.8 Å². The number of aryl methyl sites for hydroxylation is 2.